The summed E-state index contributed by atoms with van der Waals surface area (Å²) in [5.74, 6) is 3.23. The highest BCUT2D eigenvalue weighted by molar-refractivity contribution is 7.99. The summed E-state index contributed by atoms with van der Waals surface area (Å²) in [6.45, 7) is 1.95. The molecule has 1 aliphatic carbocycles. The number of hydrogen-bond acceptors (Lipinski definition) is 3. The Morgan fingerprint density at radius 1 is 1.28 bits per heavy atom. The largest absolute Gasteiger partial charge is 0.356 e. The highest BCUT2D eigenvalue weighted by atomic mass is 35.5. The molecule has 0 aromatic carbocycles. The van der Waals surface area contributed by atoms with Crippen LogP contribution in [0.5, 0.6) is 0 Å². The van der Waals surface area contributed by atoms with Crippen molar-refractivity contribution >= 4 is 30.1 Å². The van der Waals surface area contributed by atoms with Gasteiger partial charge in [0.15, 0.2) is 0 Å². The summed E-state index contributed by atoms with van der Waals surface area (Å²) in [6.07, 6.45) is 7.34. The number of amides is 1. The van der Waals surface area contributed by atoms with Gasteiger partial charge in [-0.15, -0.1) is 12.4 Å². The van der Waals surface area contributed by atoms with Gasteiger partial charge < -0.3 is 10.6 Å². The molecule has 106 valence electrons. The molecule has 1 atom stereocenters. The fourth-order valence-corrected chi connectivity index (χ4v) is 3.65. The van der Waals surface area contributed by atoms with E-state index >= 15 is 0 Å². The molecule has 1 amide bonds. The molecule has 3 nitrogen and oxygen atoms in total. The SMILES string of the molecule is Cl.O=C(CC1CSCCN1)NCC1CCCCC1. The standard InChI is InChI=1S/C13H24N2OS.ClH/c16-13(8-12-10-17-7-6-14-12)15-9-11-4-2-1-3-5-11;/h11-12,14H,1-10H2,(H,15,16);1H. The summed E-state index contributed by atoms with van der Waals surface area (Å²) in [4.78, 5) is 11.8. The van der Waals surface area contributed by atoms with Crippen LogP contribution < -0.4 is 10.6 Å². The van der Waals surface area contributed by atoms with Crippen LogP contribution in [-0.4, -0.2) is 36.5 Å². The van der Waals surface area contributed by atoms with Crippen LogP contribution in [0.1, 0.15) is 38.5 Å². The van der Waals surface area contributed by atoms with E-state index in [4.69, 9.17) is 0 Å². The van der Waals surface area contributed by atoms with E-state index in [-0.39, 0.29) is 18.3 Å². The van der Waals surface area contributed by atoms with Crippen LogP contribution in [0.15, 0.2) is 0 Å². The first-order chi connectivity index (χ1) is 8.34. The first-order valence-corrected chi connectivity index (χ1v) is 8.08. The normalized spacial score (nSPS) is 25.2. The molecule has 0 aromatic rings. The van der Waals surface area contributed by atoms with Crippen molar-refractivity contribution in [2.45, 2.75) is 44.6 Å². The maximum Gasteiger partial charge on any atom is 0.221 e. The molecule has 1 aliphatic heterocycles. The van der Waals surface area contributed by atoms with Crippen molar-refractivity contribution in [3.8, 4) is 0 Å². The highest BCUT2D eigenvalue weighted by Gasteiger charge is 2.18. The van der Waals surface area contributed by atoms with Crippen LogP contribution in [0.2, 0.25) is 0 Å². The molecule has 0 bridgehead atoms. The zero-order valence-electron chi connectivity index (χ0n) is 11.0. The Bertz CT molecular complexity index is 241. The molecule has 2 aliphatic rings. The van der Waals surface area contributed by atoms with Gasteiger partial charge in [0.1, 0.15) is 0 Å². The summed E-state index contributed by atoms with van der Waals surface area (Å²) < 4.78 is 0. The van der Waals surface area contributed by atoms with Gasteiger partial charge in [0.2, 0.25) is 5.91 Å². The third-order valence-corrected chi connectivity index (χ3v) is 4.87. The van der Waals surface area contributed by atoms with E-state index in [0.29, 0.717) is 12.5 Å². The van der Waals surface area contributed by atoms with Crippen molar-refractivity contribution in [3.05, 3.63) is 0 Å². The van der Waals surface area contributed by atoms with Gasteiger partial charge in [0.05, 0.1) is 0 Å². The van der Waals surface area contributed by atoms with E-state index in [2.05, 4.69) is 10.6 Å². The van der Waals surface area contributed by atoms with E-state index in [1.165, 1.54) is 37.9 Å². The van der Waals surface area contributed by atoms with Gasteiger partial charge in [-0.3, -0.25) is 4.79 Å². The Hall–Kier alpha value is 0.0700. The minimum atomic E-state index is 0. The van der Waals surface area contributed by atoms with Crippen LogP contribution in [0, 0.1) is 5.92 Å². The molecule has 1 saturated heterocycles. The number of hydrogen-bond donors (Lipinski definition) is 2. The maximum atomic E-state index is 11.8. The number of halogens is 1. The van der Waals surface area contributed by atoms with Gasteiger partial charge in [0.25, 0.3) is 0 Å². The zero-order chi connectivity index (χ0) is 11.9. The average Bonchev–Trinajstić information content (AvgIpc) is 2.39. The lowest BCUT2D eigenvalue weighted by Gasteiger charge is -2.24. The summed E-state index contributed by atoms with van der Waals surface area (Å²) in [5, 5.41) is 6.52. The molecule has 0 aromatic heterocycles. The van der Waals surface area contributed by atoms with E-state index in [9.17, 15) is 4.79 Å². The molecule has 1 saturated carbocycles. The van der Waals surface area contributed by atoms with Crippen molar-refractivity contribution in [2.24, 2.45) is 5.92 Å². The summed E-state index contributed by atoms with van der Waals surface area (Å²) in [5.41, 5.74) is 0. The predicted octanol–water partition coefficient (Wildman–Crippen LogP) is 2.20. The maximum absolute atomic E-state index is 11.8. The van der Waals surface area contributed by atoms with E-state index < -0.39 is 0 Å². The van der Waals surface area contributed by atoms with E-state index in [0.717, 1.165) is 24.8 Å². The van der Waals surface area contributed by atoms with Gasteiger partial charge in [-0.2, -0.15) is 11.8 Å². The predicted molar refractivity (Wildman–Crippen MR) is 80.6 cm³/mol. The second-order valence-corrected chi connectivity index (χ2v) is 6.39. The lowest BCUT2D eigenvalue weighted by molar-refractivity contribution is -0.121. The molecule has 0 spiro atoms. The Morgan fingerprint density at radius 2 is 2.06 bits per heavy atom. The second-order valence-electron chi connectivity index (χ2n) is 5.24. The number of carbonyl (C=O) groups is 1. The molecule has 5 heteroatoms. The molecular weight excluding hydrogens is 268 g/mol. The van der Waals surface area contributed by atoms with Gasteiger partial charge >= 0.3 is 0 Å². The Labute approximate surface area is 121 Å². The van der Waals surface area contributed by atoms with Gasteiger partial charge in [-0.25, -0.2) is 0 Å². The number of thioether (sulfide) groups is 1. The van der Waals surface area contributed by atoms with E-state index in [1.807, 2.05) is 11.8 Å². The first-order valence-electron chi connectivity index (χ1n) is 6.92. The third kappa shape index (κ3) is 5.81. The average molecular weight is 293 g/mol. The fraction of sp³-hybridized carbons (Fsp3) is 0.923. The smallest absolute Gasteiger partial charge is 0.221 e. The van der Waals surface area contributed by atoms with E-state index in [1.54, 1.807) is 0 Å². The monoisotopic (exact) mass is 292 g/mol. The van der Waals surface area contributed by atoms with Gasteiger partial charge in [-0.05, 0) is 18.8 Å². The van der Waals surface area contributed by atoms with Crippen molar-refractivity contribution in [3.63, 3.8) is 0 Å². The van der Waals surface area contributed by atoms with Crippen molar-refractivity contribution < 1.29 is 4.79 Å². The van der Waals surface area contributed by atoms with Crippen LogP contribution in [0.4, 0.5) is 0 Å². The van der Waals surface area contributed by atoms with Crippen molar-refractivity contribution in [1.82, 2.24) is 10.6 Å². The van der Waals surface area contributed by atoms with Gasteiger partial charge in [-0.1, -0.05) is 19.3 Å². The lowest BCUT2D eigenvalue weighted by atomic mass is 9.89. The minimum Gasteiger partial charge on any atom is -0.356 e. The molecule has 1 unspecified atom stereocenters. The Kier molecular flexibility index (Phi) is 8.11. The summed E-state index contributed by atoms with van der Waals surface area (Å²) >= 11 is 1.95. The highest BCUT2D eigenvalue weighted by Crippen LogP contribution is 2.22. The Morgan fingerprint density at radius 3 is 2.72 bits per heavy atom. The molecule has 0 radical (unpaired) electrons. The molecule has 18 heavy (non-hydrogen) atoms. The van der Waals surface area contributed by atoms with Crippen LogP contribution in [0.3, 0.4) is 0 Å². The Balaban J connectivity index is 0.00000162. The molecular formula is C13H25ClN2OS. The summed E-state index contributed by atoms with van der Waals surface area (Å²) in [6, 6.07) is 0.389. The topological polar surface area (TPSA) is 41.1 Å². The first kappa shape index (κ1) is 16.1. The van der Waals surface area contributed by atoms with Crippen LogP contribution in [-0.2, 0) is 4.79 Å². The number of rotatable bonds is 4. The number of carbonyl (C=O) groups excluding carboxylic acids is 1. The van der Waals surface area contributed by atoms with Crippen LogP contribution >= 0.6 is 24.2 Å². The second kappa shape index (κ2) is 9.05. The zero-order valence-corrected chi connectivity index (χ0v) is 12.6. The lowest BCUT2D eigenvalue weighted by Crippen LogP contribution is -2.42. The minimum absolute atomic E-state index is 0. The quantitative estimate of drug-likeness (QED) is 0.835. The molecule has 2 fully saturated rings. The third-order valence-electron chi connectivity index (χ3n) is 3.74. The molecule has 1 heterocycles. The van der Waals surface area contributed by atoms with Crippen molar-refractivity contribution in [2.75, 3.05) is 24.6 Å². The molecule has 2 rings (SSSR count). The van der Waals surface area contributed by atoms with Crippen LogP contribution in [0.25, 0.3) is 0 Å². The fourth-order valence-electron chi connectivity index (χ4n) is 2.70. The van der Waals surface area contributed by atoms with Gasteiger partial charge in [0, 0.05) is 37.1 Å². The molecule has 2 N–H and O–H groups in total. The summed E-state index contributed by atoms with van der Waals surface area (Å²) in [7, 11) is 0. The number of nitrogens with one attached hydrogen (secondary N) is 2. The van der Waals surface area contributed by atoms with Crippen molar-refractivity contribution in [1.29, 1.82) is 0 Å².